The molecule has 106 valence electrons. The summed E-state index contributed by atoms with van der Waals surface area (Å²) < 4.78 is 0. The molecular weight excluding hydrogens is 256 g/mol. The van der Waals surface area contributed by atoms with E-state index in [1.165, 1.54) is 12.3 Å². The standard InChI is InChI=1S/C14H18N4O2/c1-2-3-10(8-15)17-13-4-5-14(18(19)20)12-9-16-7-6-11(12)13/h4-7,9-10,17H,2-3,8,15H2,1H3. The van der Waals surface area contributed by atoms with Crippen molar-refractivity contribution in [3.05, 3.63) is 40.7 Å². The van der Waals surface area contributed by atoms with Crippen LogP contribution in [0, 0.1) is 10.1 Å². The molecule has 0 aliphatic heterocycles. The minimum atomic E-state index is -0.389. The summed E-state index contributed by atoms with van der Waals surface area (Å²) in [6.07, 6.45) is 5.14. The Kier molecular flexibility index (Phi) is 4.47. The number of hydrogen-bond acceptors (Lipinski definition) is 5. The minimum absolute atomic E-state index is 0.0680. The predicted octanol–water partition coefficient (Wildman–Crippen LogP) is 2.68. The molecule has 0 amide bonds. The molecule has 2 rings (SSSR count). The zero-order valence-corrected chi connectivity index (χ0v) is 11.4. The lowest BCUT2D eigenvalue weighted by Crippen LogP contribution is -2.28. The zero-order chi connectivity index (χ0) is 14.5. The minimum Gasteiger partial charge on any atom is -0.381 e. The summed E-state index contributed by atoms with van der Waals surface area (Å²) in [5.41, 5.74) is 6.67. The molecule has 3 N–H and O–H groups in total. The number of fused-ring (bicyclic) bond motifs is 1. The van der Waals surface area contributed by atoms with Crippen LogP contribution in [0.15, 0.2) is 30.6 Å². The lowest BCUT2D eigenvalue weighted by Gasteiger charge is -2.18. The molecule has 1 atom stereocenters. The van der Waals surface area contributed by atoms with E-state index >= 15 is 0 Å². The molecule has 0 bridgehead atoms. The largest absolute Gasteiger partial charge is 0.381 e. The van der Waals surface area contributed by atoms with Gasteiger partial charge in [0.1, 0.15) is 0 Å². The molecule has 1 unspecified atom stereocenters. The smallest absolute Gasteiger partial charge is 0.278 e. The van der Waals surface area contributed by atoms with Crippen molar-refractivity contribution < 1.29 is 4.92 Å². The highest BCUT2D eigenvalue weighted by molar-refractivity contribution is 5.99. The molecule has 2 aromatic rings. The van der Waals surface area contributed by atoms with Gasteiger partial charge in [0.15, 0.2) is 0 Å². The molecule has 6 heteroatoms. The SMILES string of the molecule is CCCC(CN)Nc1ccc([N+](=O)[O-])c2cnccc12. The number of nitrogens with one attached hydrogen (secondary N) is 1. The fourth-order valence-electron chi connectivity index (χ4n) is 2.28. The van der Waals surface area contributed by atoms with Crippen LogP contribution < -0.4 is 11.1 Å². The maximum Gasteiger partial charge on any atom is 0.278 e. The van der Waals surface area contributed by atoms with Crippen LogP contribution in [0.4, 0.5) is 11.4 Å². The first-order valence-electron chi connectivity index (χ1n) is 6.65. The summed E-state index contributed by atoms with van der Waals surface area (Å²) >= 11 is 0. The molecule has 1 aromatic heterocycles. The lowest BCUT2D eigenvalue weighted by atomic mass is 10.1. The maximum atomic E-state index is 11.0. The van der Waals surface area contributed by atoms with Gasteiger partial charge in [0.25, 0.3) is 5.69 Å². The van der Waals surface area contributed by atoms with Crippen LogP contribution in [0.5, 0.6) is 0 Å². The van der Waals surface area contributed by atoms with E-state index in [4.69, 9.17) is 5.73 Å². The molecule has 1 heterocycles. The number of pyridine rings is 1. The Bertz CT molecular complexity index is 615. The maximum absolute atomic E-state index is 11.0. The van der Waals surface area contributed by atoms with Gasteiger partial charge in [0.2, 0.25) is 0 Å². The number of benzene rings is 1. The van der Waals surface area contributed by atoms with Crippen molar-refractivity contribution >= 4 is 22.1 Å². The predicted molar refractivity (Wildman–Crippen MR) is 79.8 cm³/mol. The fraction of sp³-hybridized carbons (Fsp3) is 0.357. The topological polar surface area (TPSA) is 94.1 Å². The molecule has 0 radical (unpaired) electrons. The van der Waals surface area contributed by atoms with E-state index in [-0.39, 0.29) is 16.7 Å². The third kappa shape index (κ3) is 2.85. The monoisotopic (exact) mass is 274 g/mol. The van der Waals surface area contributed by atoms with Crippen molar-refractivity contribution in [2.75, 3.05) is 11.9 Å². The highest BCUT2D eigenvalue weighted by Crippen LogP contribution is 2.31. The molecule has 0 saturated carbocycles. The summed E-state index contributed by atoms with van der Waals surface area (Å²) in [7, 11) is 0. The highest BCUT2D eigenvalue weighted by Gasteiger charge is 2.15. The van der Waals surface area contributed by atoms with Crippen LogP contribution in [0.1, 0.15) is 19.8 Å². The number of nitro benzene ring substituents is 1. The Morgan fingerprint density at radius 2 is 2.20 bits per heavy atom. The molecule has 0 saturated heterocycles. The third-order valence-electron chi connectivity index (χ3n) is 3.27. The first kappa shape index (κ1) is 14.2. The molecule has 0 fully saturated rings. The van der Waals surface area contributed by atoms with Crippen LogP contribution in [0.3, 0.4) is 0 Å². The van der Waals surface area contributed by atoms with Crippen molar-refractivity contribution in [3.8, 4) is 0 Å². The number of nitro groups is 1. The Hall–Kier alpha value is -2.21. The van der Waals surface area contributed by atoms with Gasteiger partial charge in [0.05, 0.1) is 10.3 Å². The van der Waals surface area contributed by atoms with Crippen LogP contribution >= 0.6 is 0 Å². The van der Waals surface area contributed by atoms with Crippen molar-refractivity contribution in [3.63, 3.8) is 0 Å². The van der Waals surface area contributed by atoms with Gasteiger partial charge in [-0.25, -0.2) is 0 Å². The average molecular weight is 274 g/mol. The molecular formula is C14H18N4O2. The van der Waals surface area contributed by atoms with Gasteiger partial charge in [0, 0.05) is 42.1 Å². The van der Waals surface area contributed by atoms with Crippen LogP contribution in [0.2, 0.25) is 0 Å². The Labute approximate surface area is 117 Å². The van der Waals surface area contributed by atoms with Crippen LogP contribution in [-0.2, 0) is 0 Å². The van der Waals surface area contributed by atoms with Gasteiger partial charge >= 0.3 is 0 Å². The number of aromatic nitrogens is 1. The number of nitrogens with two attached hydrogens (primary N) is 1. The summed E-state index contributed by atoms with van der Waals surface area (Å²) in [6, 6.07) is 5.19. The molecule has 0 aliphatic rings. The molecule has 20 heavy (non-hydrogen) atoms. The second-order valence-electron chi connectivity index (χ2n) is 4.68. The Morgan fingerprint density at radius 1 is 1.40 bits per heavy atom. The van der Waals surface area contributed by atoms with E-state index in [1.807, 2.05) is 0 Å². The van der Waals surface area contributed by atoms with E-state index in [2.05, 4.69) is 17.2 Å². The Morgan fingerprint density at radius 3 is 2.85 bits per heavy atom. The number of rotatable bonds is 6. The molecule has 0 aliphatic carbocycles. The number of nitrogens with zero attached hydrogens (tertiary/aromatic N) is 2. The Balaban J connectivity index is 2.45. The summed E-state index contributed by atoms with van der Waals surface area (Å²) in [6.45, 7) is 2.62. The van der Waals surface area contributed by atoms with Gasteiger partial charge in [-0.05, 0) is 18.6 Å². The van der Waals surface area contributed by atoms with E-state index in [0.717, 1.165) is 23.9 Å². The van der Waals surface area contributed by atoms with Gasteiger partial charge in [-0.2, -0.15) is 0 Å². The third-order valence-corrected chi connectivity index (χ3v) is 3.27. The van der Waals surface area contributed by atoms with E-state index < -0.39 is 0 Å². The zero-order valence-electron chi connectivity index (χ0n) is 11.4. The van der Waals surface area contributed by atoms with Crippen molar-refractivity contribution in [2.45, 2.75) is 25.8 Å². The quantitative estimate of drug-likeness (QED) is 0.624. The first-order valence-corrected chi connectivity index (χ1v) is 6.65. The van der Waals surface area contributed by atoms with Gasteiger partial charge in [-0.1, -0.05) is 13.3 Å². The van der Waals surface area contributed by atoms with Crippen LogP contribution in [0.25, 0.3) is 10.8 Å². The number of hydrogen-bond donors (Lipinski definition) is 2. The molecule has 6 nitrogen and oxygen atoms in total. The summed E-state index contributed by atoms with van der Waals surface area (Å²) in [5, 5.41) is 15.7. The van der Waals surface area contributed by atoms with E-state index in [9.17, 15) is 10.1 Å². The van der Waals surface area contributed by atoms with Crippen molar-refractivity contribution in [2.24, 2.45) is 5.73 Å². The summed E-state index contributed by atoms with van der Waals surface area (Å²) in [4.78, 5) is 14.6. The van der Waals surface area contributed by atoms with Gasteiger partial charge in [-0.15, -0.1) is 0 Å². The van der Waals surface area contributed by atoms with Gasteiger partial charge < -0.3 is 11.1 Å². The average Bonchev–Trinajstić information content (AvgIpc) is 2.46. The first-order chi connectivity index (χ1) is 9.67. The number of anilines is 1. The van der Waals surface area contributed by atoms with Crippen molar-refractivity contribution in [1.82, 2.24) is 4.98 Å². The second-order valence-corrected chi connectivity index (χ2v) is 4.68. The molecule has 0 spiro atoms. The normalized spacial score (nSPS) is 12.3. The van der Waals surface area contributed by atoms with E-state index in [0.29, 0.717) is 11.9 Å². The second kappa shape index (κ2) is 6.29. The summed E-state index contributed by atoms with van der Waals surface area (Å²) in [5.74, 6) is 0. The molecule has 1 aromatic carbocycles. The highest BCUT2D eigenvalue weighted by atomic mass is 16.6. The van der Waals surface area contributed by atoms with Crippen LogP contribution in [-0.4, -0.2) is 22.5 Å². The lowest BCUT2D eigenvalue weighted by molar-refractivity contribution is -0.383. The number of non-ortho nitro benzene ring substituents is 1. The fourth-order valence-corrected chi connectivity index (χ4v) is 2.28. The van der Waals surface area contributed by atoms with Gasteiger partial charge in [-0.3, -0.25) is 15.1 Å². The van der Waals surface area contributed by atoms with E-state index in [1.54, 1.807) is 18.3 Å². The van der Waals surface area contributed by atoms with Crippen molar-refractivity contribution in [1.29, 1.82) is 0 Å².